The van der Waals surface area contributed by atoms with Gasteiger partial charge in [0.05, 0.1) is 89.4 Å². The summed E-state index contributed by atoms with van der Waals surface area (Å²) in [6.45, 7) is 3.10. The zero-order valence-electron chi connectivity index (χ0n) is 76.2. The Kier molecular flexibility index (Phi) is 42.1. The lowest BCUT2D eigenvalue weighted by molar-refractivity contribution is -0.132. The second-order valence-electron chi connectivity index (χ2n) is 30.0. The highest BCUT2D eigenvalue weighted by molar-refractivity contribution is 7.92. The molecule has 51 heteroatoms. The number of carbonyl (C=O) groups excluding carboxylic acids is 2. The first-order valence-corrected chi connectivity index (χ1v) is 57.3. The number of nitrogens with one attached hydrogen (secondary N) is 2. The molecule has 0 saturated carbocycles. The molecule has 0 radical (unpaired) electrons. The van der Waals surface area contributed by atoms with Crippen LogP contribution in [0.1, 0.15) is 28.4 Å². The number of phenolic OH excluding ortho intramolecular Hbond substituents is 2. The molecular formula is C89H105N13O28S10. The summed E-state index contributed by atoms with van der Waals surface area (Å²) in [6, 6.07) is 66.8. The fourth-order valence-electron chi connectivity index (χ4n) is 10.8. The van der Waals surface area contributed by atoms with Crippen LogP contribution in [0.4, 0.5) is 79.6 Å². The van der Waals surface area contributed by atoms with Crippen molar-refractivity contribution < 1.29 is 123 Å². The number of carbonyl (C=O) groups is 3. The number of phenols is 2. The predicted molar refractivity (Wildman–Crippen MR) is 542 cm³/mol. The molecule has 1 aliphatic rings. The van der Waals surface area contributed by atoms with Gasteiger partial charge < -0.3 is 88.2 Å². The van der Waals surface area contributed by atoms with Crippen molar-refractivity contribution in [3.63, 3.8) is 0 Å². The SMILES string of the molecule is CC(=O)c1cc(S(=O)(=O)O)cc(N)c1O.CS(=O)(=O)c1cc(N)ccc1N.CS(=O)(=O)c1cc(N)ccc1Nc1ccc(N)cc1.CS(=O)(=O)c1ccc(CN)cc1.CS(=O)(=O)c1ccc(N)cc1.CS(=O)(=O)c1ccc(N)cc1N.CS(=O)(=O)c1ccc(N2CC(C(=O)O)=CC2=O)cc1.CS(=O)(=O)c1ccc(Nc2ccccc2)cc1.CS(=O)(=O)c1cccc(N)c1.Cc1cc(S(=O)(=O)O)ccc1O. The van der Waals surface area contributed by atoms with Crippen LogP contribution in [0.25, 0.3) is 0 Å². The number of amides is 1. The van der Waals surface area contributed by atoms with Crippen molar-refractivity contribution >= 4 is 196 Å². The first kappa shape index (κ1) is 118. The van der Waals surface area contributed by atoms with E-state index in [2.05, 4.69) is 10.6 Å². The van der Waals surface area contributed by atoms with E-state index in [9.17, 15) is 104 Å². The quantitative estimate of drug-likeness (QED) is 0.0165. The third kappa shape index (κ3) is 40.1. The van der Waals surface area contributed by atoms with E-state index in [0.29, 0.717) is 72.3 Å². The fraction of sp³-hybridized carbons (Fsp3) is 0.135. The molecule has 12 aromatic rings. The Bertz CT molecular complexity index is 7740. The molecular weight excluding hydrogens is 2020 g/mol. The lowest BCUT2D eigenvalue weighted by Crippen LogP contribution is -2.26. The zero-order valence-corrected chi connectivity index (χ0v) is 84.4. The zero-order chi connectivity index (χ0) is 107. The Balaban J connectivity index is 0.000000327. The van der Waals surface area contributed by atoms with Gasteiger partial charge in [-0.3, -0.25) is 18.7 Å². The molecule has 12 aromatic carbocycles. The van der Waals surface area contributed by atoms with Crippen LogP contribution in [0.15, 0.2) is 321 Å². The van der Waals surface area contributed by atoms with E-state index in [1.54, 1.807) is 122 Å². The van der Waals surface area contributed by atoms with Gasteiger partial charge in [-0.15, -0.1) is 0 Å². The van der Waals surface area contributed by atoms with Crippen LogP contribution in [-0.2, 0) is 115 Å². The number of benzene rings is 12. The number of rotatable bonds is 18. The average Bonchev–Trinajstić information content (AvgIpc) is 1.18. The number of anilines is 14. The fourth-order valence-corrected chi connectivity index (χ4v) is 17.7. The second kappa shape index (κ2) is 49.9. The summed E-state index contributed by atoms with van der Waals surface area (Å²) in [6.07, 6.45) is 10.2. The lowest BCUT2D eigenvalue weighted by Gasteiger charge is -2.16. The molecule has 0 saturated heterocycles. The van der Waals surface area contributed by atoms with Crippen molar-refractivity contribution in [1.82, 2.24) is 0 Å². The van der Waals surface area contributed by atoms with Crippen molar-refractivity contribution in [3.05, 3.63) is 289 Å². The first-order valence-electron chi connectivity index (χ1n) is 39.3. The highest BCUT2D eigenvalue weighted by Crippen LogP contribution is 2.32. The molecule has 1 aliphatic heterocycles. The number of sulfone groups is 8. The van der Waals surface area contributed by atoms with Gasteiger partial charge in [0.15, 0.2) is 84.5 Å². The molecule has 13 rings (SSSR count). The molecule has 0 spiro atoms. The molecule has 140 heavy (non-hydrogen) atoms. The number of ketones is 1. The van der Waals surface area contributed by atoms with Crippen LogP contribution in [0.2, 0.25) is 0 Å². The minimum atomic E-state index is -4.44. The van der Waals surface area contributed by atoms with Gasteiger partial charge in [-0.2, -0.15) is 16.8 Å². The average molecular weight is 2130 g/mol. The molecule has 0 fully saturated rings. The van der Waals surface area contributed by atoms with Crippen molar-refractivity contribution in [2.24, 2.45) is 5.73 Å². The Hall–Kier alpha value is -14.2. The van der Waals surface area contributed by atoms with E-state index in [4.69, 9.17) is 76.7 Å². The highest BCUT2D eigenvalue weighted by atomic mass is 32.2. The number of hydrogen-bond acceptors (Lipinski definition) is 37. The molecule has 41 nitrogen and oxygen atoms in total. The van der Waals surface area contributed by atoms with E-state index >= 15 is 0 Å². The normalized spacial score (nSPS) is 11.9. The monoisotopic (exact) mass is 2120 g/mol. The van der Waals surface area contributed by atoms with Gasteiger partial charge in [0, 0.05) is 120 Å². The van der Waals surface area contributed by atoms with Gasteiger partial charge in [-0.1, -0.05) is 36.4 Å². The molecule has 1 amide bonds. The van der Waals surface area contributed by atoms with E-state index in [1.807, 2.05) is 30.3 Å². The van der Waals surface area contributed by atoms with E-state index in [0.717, 1.165) is 85.1 Å². The number of aryl methyl sites for hydroxylation is 1. The standard InChI is InChI=1S/C13H15N3O2S.C13H13NO2S.C12H11NO5S.C8H9NO5S.C8H11NO2S.2C7H10N2O2S.2C7H9NO2S.C7H8O4S/c1-19(17,18)13-8-10(15)4-7-12(13)16-11-5-2-9(14)3-6-11;1-17(15,16)13-9-7-12(8-10-13)14-11-5-3-2-4-6-11;1-19(17,18)10-4-2-9(3-5-10)13-7-8(12(15)16)6-11(13)14;1-4(10)6-2-5(15(12,13)14)3-7(9)8(6)11;1-12(10,11)8-4-2-7(6-9)3-5-8;1-12(10,11)7-3-2-5(8)4-6(7)9;1-12(10,11)7-4-5(8)2-3-6(7)9;1-11(9,10)7-4-2-6(8)3-5-7;1-11(9,10)7-4-2-3-6(8)5-7;1-5-4-6(12(9,10)11)2-3-7(5)8/h2-8,16H,14-15H2,1H3;2-10,14H,1H3;2-6H,7H2,1H3,(H,15,16);2-3,11H,9H2,1H3,(H,12,13,14);2-5H,6,9H2,1H3;2*2-4H,8-9H2,1H3;2*2-5H,8H2,1H3;2-4,8H,1H3,(H,9,10,11). The van der Waals surface area contributed by atoms with Crippen LogP contribution >= 0.6 is 0 Å². The second-order valence-corrected chi connectivity index (χ2v) is 48.9. The predicted octanol–water partition coefficient (Wildman–Crippen LogP) is 9.05. The molecule has 27 N–H and O–H groups in total. The summed E-state index contributed by atoms with van der Waals surface area (Å²) < 4.78 is 239. The number of carboxylic acid groups (broad SMARTS) is 1. The van der Waals surface area contributed by atoms with Crippen LogP contribution in [0.5, 0.6) is 11.5 Å². The van der Waals surface area contributed by atoms with Gasteiger partial charge in [0.25, 0.3) is 26.1 Å². The third-order valence-corrected chi connectivity index (χ3v) is 28.8. The first-order chi connectivity index (χ1) is 64.2. The summed E-state index contributed by atoms with van der Waals surface area (Å²) in [5.41, 5.74) is 62.0. The summed E-state index contributed by atoms with van der Waals surface area (Å²) in [7, 11) is -34.1. The van der Waals surface area contributed by atoms with Gasteiger partial charge in [-0.25, -0.2) is 72.1 Å². The number of Topliss-reactive ketones (excluding diaryl/α,β-unsaturated/α-hetero) is 1. The third-order valence-electron chi connectivity index (χ3n) is 18.0. The van der Waals surface area contributed by atoms with E-state index in [1.165, 1.54) is 121 Å². The van der Waals surface area contributed by atoms with Gasteiger partial charge in [0.2, 0.25) is 0 Å². The van der Waals surface area contributed by atoms with Crippen LogP contribution < -0.4 is 72.9 Å². The number of nitrogen functional groups attached to an aromatic ring is 9. The highest BCUT2D eigenvalue weighted by Gasteiger charge is 2.28. The van der Waals surface area contributed by atoms with E-state index in [-0.39, 0.29) is 69.9 Å². The maximum atomic E-state index is 11.7. The molecule has 0 aliphatic carbocycles. The number of aromatic hydroxyl groups is 2. The maximum Gasteiger partial charge on any atom is 0.333 e. The van der Waals surface area contributed by atoms with E-state index < -0.39 is 127 Å². The molecule has 0 aromatic heterocycles. The number of nitrogens with two attached hydrogens (primary N) is 10. The topological polar surface area (TPSA) is 781 Å². The van der Waals surface area contributed by atoms with Gasteiger partial charge in [-0.05, 0) is 249 Å². The maximum absolute atomic E-state index is 11.7. The van der Waals surface area contributed by atoms with Crippen LogP contribution in [-0.4, -0.2) is 183 Å². The molecule has 0 bridgehead atoms. The molecule has 754 valence electrons. The van der Waals surface area contributed by atoms with Crippen molar-refractivity contribution in [2.45, 2.75) is 69.3 Å². The van der Waals surface area contributed by atoms with Gasteiger partial charge >= 0.3 is 5.97 Å². The molecule has 1 heterocycles. The lowest BCUT2D eigenvalue weighted by atomic mass is 10.1. The van der Waals surface area contributed by atoms with Crippen molar-refractivity contribution in [2.75, 3.05) is 124 Å². The Morgan fingerprint density at radius 3 is 1.14 bits per heavy atom. The number of aliphatic carboxylic acids is 1. The summed E-state index contributed by atoms with van der Waals surface area (Å²) in [5.74, 6) is -2.60. The largest absolute Gasteiger partial charge is 0.508 e. The number of para-hydroxylation sites is 1. The van der Waals surface area contributed by atoms with Crippen molar-refractivity contribution in [3.8, 4) is 11.5 Å². The smallest absolute Gasteiger partial charge is 0.333 e. The minimum Gasteiger partial charge on any atom is -0.508 e. The van der Waals surface area contributed by atoms with Gasteiger partial charge in [0.1, 0.15) is 11.5 Å². The summed E-state index contributed by atoms with van der Waals surface area (Å²) in [4.78, 5) is 35.7. The van der Waals surface area contributed by atoms with Crippen molar-refractivity contribution in [1.29, 1.82) is 0 Å². The van der Waals surface area contributed by atoms with Crippen LogP contribution in [0, 0.1) is 6.92 Å². The molecule has 0 atom stereocenters. The number of hydrogen-bond donors (Lipinski definition) is 17. The Labute approximate surface area is 812 Å². The number of nitrogens with zero attached hydrogens (tertiary/aromatic N) is 1. The Morgan fingerprint density at radius 2 is 0.736 bits per heavy atom. The summed E-state index contributed by atoms with van der Waals surface area (Å²) in [5, 5.41) is 33.4. The minimum absolute atomic E-state index is 0.00222. The number of carboxylic acids is 1. The van der Waals surface area contributed by atoms with Crippen LogP contribution in [0.3, 0.4) is 0 Å². The molecule has 0 unspecified atom stereocenters. The Morgan fingerprint density at radius 1 is 0.350 bits per heavy atom. The summed E-state index contributed by atoms with van der Waals surface area (Å²) >= 11 is 0.